The highest BCUT2D eigenvalue weighted by Gasteiger charge is 2.07. The van der Waals surface area contributed by atoms with Gasteiger partial charge in [0.05, 0.1) is 6.42 Å². The first-order chi connectivity index (χ1) is 9.06. The monoisotopic (exact) mass is 273 g/mol. The SMILES string of the molecule is Cc1ccc(CC(=O)Nc2cccc(Cl)c2C)cc1. The fourth-order valence-electron chi connectivity index (χ4n) is 1.83. The molecule has 0 saturated carbocycles. The largest absolute Gasteiger partial charge is 0.326 e. The minimum absolute atomic E-state index is 0.0331. The summed E-state index contributed by atoms with van der Waals surface area (Å²) >= 11 is 6.02. The predicted octanol–water partition coefficient (Wildman–Crippen LogP) is 4.14. The third-order valence-electron chi connectivity index (χ3n) is 3.03. The van der Waals surface area contributed by atoms with Crippen molar-refractivity contribution >= 4 is 23.2 Å². The molecule has 3 heteroatoms. The van der Waals surface area contributed by atoms with Crippen LogP contribution in [0.4, 0.5) is 5.69 Å². The summed E-state index contributed by atoms with van der Waals surface area (Å²) in [4.78, 5) is 12.0. The molecule has 0 radical (unpaired) electrons. The molecule has 0 fully saturated rings. The molecule has 0 saturated heterocycles. The molecule has 0 bridgehead atoms. The van der Waals surface area contributed by atoms with Crippen LogP contribution in [0, 0.1) is 13.8 Å². The number of amides is 1. The van der Waals surface area contributed by atoms with Gasteiger partial charge in [-0.3, -0.25) is 4.79 Å². The number of rotatable bonds is 3. The van der Waals surface area contributed by atoms with Gasteiger partial charge in [0.2, 0.25) is 5.91 Å². The Balaban J connectivity index is 2.05. The lowest BCUT2D eigenvalue weighted by atomic mass is 10.1. The minimum Gasteiger partial charge on any atom is -0.326 e. The lowest BCUT2D eigenvalue weighted by molar-refractivity contribution is -0.115. The number of anilines is 1. The van der Waals surface area contributed by atoms with Gasteiger partial charge in [-0.15, -0.1) is 0 Å². The van der Waals surface area contributed by atoms with E-state index in [-0.39, 0.29) is 5.91 Å². The molecule has 0 aromatic heterocycles. The van der Waals surface area contributed by atoms with E-state index < -0.39 is 0 Å². The molecule has 0 aliphatic rings. The van der Waals surface area contributed by atoms with Crippen LogP contribution in [0.15, 0.2) is 42.5 Å². The number of hydrogen-bond acceptors (Lipinski definition) is 1. The van der Waals surface area contributed by atoms with E-state index in [1.165, 1.54) is 5.56 Å². The van der Waals surface area contributed by atoms with Crippen molar-refractivity contribution in [1.29, 1.82) is 0 Å². The Hall–Kier alpha value is -1.80. The minimum atomic E-state index is -0.0331. The Morgan fingerprint density at radius 1 is 1.11 bits per heavy atom. The van der Waals surface area contributed by atoms with Gasteiger partial charge in [0.25, 0.3) is 0 Å². The smallest absolute Gasteiger partial charge is 0.228 e. The van der Waals surface area contributed by atoms with E-state index in [4.69, 9.17) is 11.6 Å². The molecule has 0 atom stereocenters. The highest BCUT2D eigenvalue weighted by atomic mass is 35.5. The average molecular weight is 274 g/mol. The van der Waals surface area contributed by atoms with Crippen molar-refractivity contribution < 1.29 is 4.79 Å². The van der Waals surface area contributed by atoms with Gasteiger partial charge in [0, 0.05) is 10.7 Å². The summed E-state index contributed by atoms with van der Waals surface area (Å²) in [6, 6.07) is 13.5. The number of aryl methyl sites for hydroxylation is 1. The van der Waals surface area contributed by atoms with Crippen LogP contribution in [0.3, 0.4) is 0 Å². The van der Waals surface area contributed by atoms with Crippen molar-refractivity contribution in [3.8, 4) is 0 Å². The maximum absolute atomic E-state index is 12.0. The molecule has 1 amide bonds. The van der Waals surface area contributed by atoms with E-state index in [0.717, 1.165) is 16.8 Å². The Labute approximate surface area is 118 Å². The molecule has 2 rings (SSSR count). The Bertz CT molecular complexity index is 590. The first-order valence-corrected chi connectivity index (χ1v) is 6.54. The highest BCUT2D eigenvalue weighted by Crippen LogP contribution is 2.23. The zero-order valence-corrected chi connectivity index (χ0v) is 11.8. The molecule has 2 aromatic carbocycles. The molecule has 98 valence electrons. The van der Waals surface area contributed by atoms with Crippen LogP contribution in [0.2, 0.25) is 5.02 Å². The first kappa shape index (κ1) is 13.6. The first-order valence-electron chi connectivity index (χ1n) is 6.17. The molecule has 19 heavy (non-hydrogen) atoms. The summed E-state index contributed by atoms with van der Waals surface area (Å²) in [5, 5.41) is 3.55. The molecule has 0 unspecified atom stereocenters. The van der Waals surface area contributed by atoms with Gasteiger partial charge in [-0.1, -0.05) is 47.5 Å². The van der Waals surface area contributed by atoms with Gasteiger partial charge in [0.1, 0.15) is 0 Å². The van der Waals surface area contributed by atoms with Crippen molar-refractivity contribution in [3.05, 3.63) is 64.2 Å². The second-order valence-corrected chi connectivity index (χ2v) is 5.03. The summed E-state index contributed by atoms with van der Waals surface area (Å²) in [6.45, 7) is 3.92. The molecule has 0 spiro atoms. The second-order valence-electron chi connectivity index (χ2n) is 4.62. The molecular formula is C16H16ClNO. The quantitative estimate of drug-likeness (QED) is 0.895. The van der Waals surface area contributed by atoms with Gasteiger partial charge in [-0.25, -0.2) is 0 Å². The molecule has 1 N–H and O–H groups in total. The summed E-state index contributed by atoms with van der Waals surface area (Å²) in [7, 11) is 0. The van der Waals surface area contributed by atoms with Gasteiger partial charge < -0.3 is 5.32 Å². The predicted molar refractivity (Wildman–Crippen MR) is 79.7 cm³/mol. The van der Waals surface area contributed by atoms with Crippen LogP contribution in [0.1, 0.15) is 16.7 Å². The Morgan fingerprint density at radius 3 is 2.47 bits per heavy atom. The van der Waals surface area contributed by atoms with E-state index in [0.29, 0.717) is 11.4 Å². The van der Waals surface area contributed by atoms with Crippen LogP contribution in [0.25, 0.3) is 0 Å². The zero-order chi connectivity index (χ0) is 13.8. The number of nitrogens with one attached hydrogen (secondary N) is 1. The van der Waals surface area contributed by atoms with Gasteiger partial charge in [-0.05, 0) is 37.1 Å². The molecule has 0 aliphatic heterocycles. The molecule has 0 heterocycles. The van der Waals surface area contributed by atoms with E-state index in [1.54, 1.807) is 0 Å². The molecular weight excluding hydrogens is 258 g/mol. The van der Waals surface area contributed by atoms with Crippen LogP contribution in [0.5, 0.6) is 0 Å². The van der Waals surface area contributed by atoms with Gasteiger partial charge >= 0.3 is 0 Å². The van der Waals surface area contributed by atoms with Crippen molar-refractivity contribution in [2.75, 3.05) is 5.32 Å². The summed E-state index contributed by atoms with van der Waals surface area (Å²) in [5.41, 5.74) is 3.85. The number of hydrogen-bond donors (Lipinski definition) is 1. The summed E-state index contributed by atoms with van der Waals surface area (Å²) in [5.74, 6) is -0.0331. The van der Waals surface area contributed by atoms with Crippen molar-refractivity contribution in [3.63, 3.8) is 0 Å². The van der Waals surface area contributed by atoms with Gasteiger partial charge in [-0.2, -0.15) is 0 Å². The standard InChI is InChI=1S/C16H16ClNO/c1-11-6-8-13(9-7-11)10-16(19)18-15-5-3-4-14(17)12(15)2/h3-9H,10H2,1-2H3,(H,18,19). The maximum atomic E-state index is 12.0. The number of carbonyl (C=O) groups excluding carboxylic acids is 1. The Kier molecular flexibility index (Phi) is 4.23. The Morgan fingerprint density at radius 2 is 1.79 bits per heavy atom. The number of halogens is 1. The normalized spacial score (nSPS) is 10.3. The average Bonchev–Trinajstić information content (AvgIpc) is 2.38. The molecule has 2 aromatic rings. The van der Waals surface area contributed by atoms with Gasteiger partial charge in [0.15, 0.2) is 0 Å². The van der Waals surface area contributed by atoms with Crippen LogP contribution >= 0.6 is 11.6 Å². The van der Waals surface area contributed by atoms with Crippen LogP contribution < -0.4 is 5.32 Å². The van der Waals surface area contributed by atoms with E-state index >= 15 is 0 Å². The third kappa shape index (κ3) is 3.58. The highest BCUT2D eigenvalue weighted by molar-refractivity contribution is 6.31. The lowest BCUT2D eigenvalue weighted by Gasteiger charge is -2.09. The second kappa shape index (κ2) is 5.89. The van der Waals surface area contributed by atoms with E-state index in [2.05, 4.69) is 5.32 Å². The molecule has 2 nitrogen and oxygen atoms in total. The van der Waals surface area contributed by atoms with E-state index in [9.17, 15) is 4.79 Å². The van der Waals surface area contributed by atoms with Crippen molar-refractivity contribution in [2.45, 2.75) is 20.3 Å². The number of benzene rings is 2. The maximum Gasteiger partial charge on any atom is 0.228 e. The number of carbonyl (C=O) groups is 1. The lowest BCUT2D eigenvalue weighted by Crippen LogP contribution is -2.15. The van der Waals surface area contributed by atoms with Crippen LogP contribution in [-0.2, 0) is 11.2 Å². The third-order valence-corrected chi connectivity index (χ3v) is 3.44. The van der Waals surface area contributed by atoms with E-state index in [1.807, 2.05) is 56.3 Å². The fourth-order valence-corrected chi connectivity index (χ4v) is 2.00. The summed E-state index contributed by atoms with van der Waals surface area (Å²) in [6.07, 6.45) is 0.367. The topological polar surface area (TPSA) is 29.1 Å². The molecule has 0 aliphatic carbocycles. The fraction of sp³-hybridized carbons (Fsp3) is 0.188. The van der Waals surface area contributed by atoms with Crippen molar-refractivity contribution in [1.82, 2.24) is 0 Å². The van der Waals surface area contributed by atoms with Crippen LogP contribution in [-0.4, -0.2) is 5.91 Å². The van der Waals surface area contributed by atoms with Crippen molar-refractivity contribution in [2.24, 2.45) is 0 Å². The summed E-state index contributed by atoms with van der Waals surface area (Å²) < 4.78 is 0. The zero-order valence-electron chi connectivity index (χ0n) is 11.0.